The van der Waals surface area contributed by atoms with E-state index in [9.17, 15) is 0 Å². The molecule has 0 N–H and O–H groups in total. The Balaban J connectivity index is 2.94. The van der Waals surface area contributed by atoms with Crippen LogP contribution in [0.4, 0.5) is 0 Å². The quantitative estimate of drug-likeness (QED) is 0.558. The van der Waals surface area contributed by atoms with Crippen molar-refractivity contribution in [2.75, 3.05) is 0 Å². The molecule has 0 fully saturated rings. The van der Waals surface area contributed by atoms with Gasteiger partial charge >= 0.3 is 0 Å². The lowest BCUT2D eigenvalue weighted by Crippen LogP contribution is -1.66. The number of hydrogen-bond acceptors (Lipinski definition) is 1. The van der Waals surface area contributed by atoms with Crippen LogP contribution in [0.3, 0.4) is 0 Å². The van der Waals surface area contributed by atoms with Crippen molar-refractivity contribution >= 4 is 6.08 Å². The first-order valence-corrected chi connectivity index (χ1v) is 3.01. The summed E-state index contributed by atoms with van der Waals surface area (Å²) in [5.41, 5.74) is 1.19. The van der Waals surface area contributed by atoms with Gasteiger partial charge in [-0.2, -0.15) is 0 Å². The lowest BCUT2D eigenvalue weighted by molar-refractivity contribution is 0.555. The average molecular weight is 122 g/mol. The van der Waals surface area contributed by atoms with Gasteiger partial charge in [0.05, 0.1) is 6.26 Å². The molecule has 0 aliphatic rings. The van der Waals surface area contributed by atoms with E-state index >= 15 is 0 Å². The molecule has 0 bridgehead atoms. The van der Waals surface area contributed by atoms with Crippen molar-refractivity contribution in [1.29, 1.82) is 0 Å². The molecule has 0 unspecified atom stereocenters. The van der Waals surface area contributed by atoms with Crippen LogP contribution in [-0.2, 0) is 0 Å². The summed E-state index contributed by atoms with van der Waals surface area (Å²) in [7, 11) is 0. The van der Waals surface area contributed by atoms with E-state index in [0.29, 0.717) is 0 Å². The molecule has 1 aromatic heterocycles. The Hall–Kier alpha value is -0.980. The Kier molecular flexibility index (Phi) is 1.73. The van der Waals surface area contributed by atoms with Crippen LogP contribution in [0.15, 0.2) is 22.8 Å². The molecule has 1 nitrogen and oxygen atoms in total. The fraction of sp³-hybridized carbons (Fsp3) is 0.250. The van der Waals surface area contributed by atoms with Gasteiger partial charge in [-0.15, -0.1) is 0 Å². The number of hydrogen-bond donors (Lipinski definition) is 0. The van der Waals surface area contributed by atoms with Crippen molar-refractivity contribution in [3.63, 3.8) is 0 Å². The van der Waals surface area contributed by atoms with E-state index in [1.165, 1.54) is 5.56 Å². The third-order valence-electron chi connectivity index (χ3n) is 1.22. The summed E-state index contributed by atoms with van der Waals surface area (Å²) in [6, 6.07) is 1.95. The van der Waals surface area contributed by atoms with Crippen molar-refractivity contribution < 1.29 is 4.42 Å². The van der Waals surface area contributed by atoms with E-state index in [1.807, 2.05) is 32.1 Å². The maximum atomic E-state index is 5.12. The molecule has 1 rings (SSSR count). The molecule has 0 aromatic carbocycles. The highest BCUT2D eigenvalue weighted by Gasteiger charge is 1.92. The third kappa shape index (κ3) is 1.22. The van der Waals surface area contributed by atoms with Gasteiger partial charge in [0.2, 0.25) is 0 Å². The predicted molar refractivity (Wildman–Crippen MR) is 38.2 cm³/mol. The molecule has 48 valence electrons. The van der Waals surface area contributed by atoms with Crippen molar-refractivity contribution in [1.82, 2.24) is 0 Å². The second kappa shape index (κ2) is 2.53. The zero-order valence-corrected chi connectivity index (χ0v) is 5.72. The maximum Gasteiger partial charge on any atom is 0.129 e. The normalized spacial score (nSPS) is 10.9. The second-order valence-corrected chi connectivity index (χ2v) is 1.97. The van der Waals surface area contributed by atoms with E-state index in [1.54, 1.807) is 6.26 Å². The van der Waals surface area contributed by atoms with Gasteiger partial charge in [-0.1, -0.05) is 6.08 Å². The summed E-state index contributed by atoms with van der Waals surface area (Å²) < 4.78 is 5.12. The molecule has 0 saturated heterocycles. The second-order valence-electron chi connectivity index (χ2n) is 1.97. The highest BCUT2D eigenvalue weighted by Crippen LogP contribution is 2.09. The zero-order chi connectivity index (χ0) is 6.69. The Bertz CT molecular complexity index is 208. The van der Waals surface area contributed by atoms with Crippen LogP contribution in [0.2, 0.25) is 0 Å². The summed E-state index contributed by atoms with van der Waals surface area (Å²) in [5.74, 6) is 0.956. The molecule has 0 amide bonds. The van der Waals surface area contributed by atoms with E-state index < -0.39 is 0 Å². The van der Waals surface area contributed by atoms with Gasteiger partial charge in [0.15, 0.2) is 0 Å². The minimum absolute atomic E-state index is 0.956. The fourth-order valence-corrected chi connectivity index (χ4v) is 0.707. The average Bonchev–Trinajstić information content (AvgIpc) is 2.18. The first-order valence-electron chi connectivity index (χ1n) is 3.01. The third-order valence-corrected chi connectivity index (χ3v) is 1.22. The van der Waals surface area contributed by atoms with Gasteiger partial charge in [0.1, 0.15) is 5.76 Å². The Morgan fingerprint density at radius 2 is 2.33 bits per heavy atom. The van der Waals surface area contributed by atoms with Crippen LogP contribution in [0.5, 0.6) is 0 Å². The Labute approximate surface area is 55.0 Å². The monoisotopic (exact) mass is 122 g/mol. The van der Waals surface area contributed by atoms with E-state index in [2.05, 4.69) is 0 Å². The minimum atomic E-state index is 0.956. The topological polar surface area (TPSA) is 13.1 Å². The number of furan rings is 1. The molecule has 9 heavy (non-hydrogen) atoms. The van der Waals surface area contributed by atoms with E-state index in [4.69, 9.17) is 4.42 Å². The lowest BCUT2D eigenvalue weighted by atomic mass is 10.3. The summed E-state index contributed by atoms with van der Waals surface area (Å²) in [6.07, 6.45) is 5.62. The van der Waals surface area contributed by atoms with Gasteiger partial charge < -0.3 is 4.42 Å². The standard InChI is InChI=1S/C8H10O/c1-3-4-8-7(2)5-6-9-8/h3-6H,1-2H3/b4-3-. The minimum Gasteiger partial charge on any atom is -0.465 e. The highest BCUT2D eigenvalue weighted by molar-refractivity contribution is 5.46. The van der Waals surface area contributed by atoms with Crippen LogP contribution in [0.1, 0.15) is 18.2 Å². The van der Waals surface area contributed by atoms with Gasteiger partial charge in [0.25, 0.3) is 0 Å². The van der Waals surface area contributed by atoms with Gasteiger partial charge in [-0.25, -0.2) is 0 Å². The molecule has 1 heterocycles. The fourth-order valence-electron chi connectivity index (χ4n) is 0.707. The maximum absolute atomic E-state index is 5.12. The van der Waals surface area contributed by atoms with Gasteiger partial charge in [0, 0.05) is 0 Å². The van der Waals surface area contributed by atoms with Crippen LogP contribution in [0, 0.1) is 6.92 Å². The van der Waals surface area contributed by atoms with Crippen LogP contribution >= 0.6 is 0 Å². The van der Waals surface area contributed by atoms with E-state index in [-0.39, 0.29) is 0 Å². The molecule has 0 atom stereocenters. The first-order chi connectivity index (χ1) is 4.34. The summed E-state index contributed by atoms with van der Waals surface area (Å²) in [5, 5.41) is 0. The molecule has 0 radical (unpaired) electrons. The molecule has 0 saturated carbocycles. The summed E-state index contributed by atoms with van der Waals surface area (Å²) >= 11 is 0. The van der Waals surface area contributed by atoms with Gasteiger partial charge in [-0.3, -0.25) is 0 Å². The van der Waals surface area contributed by atoms with E-state index in [0.717, 1.165) is 5.76 Å². The van der Waals surface area contributed by atoms with Crippen molar-refractivity contribution in [3.05, 3.63) is 29.7 Å². The molecule has 0 spiro atoms. The Morgan fingerprint density at radius 3 is 2.78 bits per heavy atom. The van der Waals surface area contributed by atoms with Crippen LogP contribution in [0.25, 0.3) is 6.08 Å². The summed E-state index contributed by atoms with van der Waals surface area (Å²) in [4.78, 5) is 0. The number of allylic oxidation sites excluding steroid dienone is 1. The van der Waals surface area contributed by atoms with Crippen molar-refractivity contribution in [2.45, 2.75) is 13.8 Å². The molecular formula is C8H10O. The number of rotatable bonds is 1. The predicted octanol–water partition coefficient (Wildman–Crippen LogP) is 2.62. The lowest BCUT2D eigenvalue weighted by Gasteiger charge is -1.83. The van der Waals surface area contributed by atoms with Crippen molar-refractivity contribution in [3.8, 4) is 0 Å². The van der Waals surface area contributed by atoms with Crippen molar-refractivity contribution in [2.24, 2.45) is 0 Å². The molecule has 0 aliphatic heterocycles. The van der Waals surface area contributed by atoms with Crippen LogP contribution < -0.4 is 0 Å². The zero-order valence-electron chi connectivity index (χ0n) is 5.72. The molecule has 1 heteroatoms. The highest BCUT2D eigenvalue weighted by atomic mass is 16.3. The molecule has 1 aromatic rings. The molecular weight excluding hydrogens is 112 g/mol. The van der Waals surface area contributed by atoms with Crippen LogP contribution in [-0.4, -0.2) is 0 Å². The van der Waals surface area contributed by atoms with Gasteiger partial charge in [-0.05, 0) is 31.6 Å². The molecule has 0 aliphatic carbocycles. The Morgan fingerprint density at radius 1 is 1.56 bits per heavy atom. The summed E-state index contributed by atoms with van der Waals surface area (Å²) in [6.45, 7) is 4.00. The SMILES string of the molecule is C/C=C\c1occc1C. The smallest absolute Gasteiger partial charge is 0.129 e. The number of aryl methyl sites for hydroxylation is 1. The largest absolute Gasteiger partial charge is 0.465 e. The first kappa shape index (κ1) is 6.14.